The summed E-state index contributed by atoms with van der Waals surface area (Å²) >= 11 is 0. The number of aliphatic hydroxyl groups is 1. The number of aromatic amines is 1. The molecule has 0 saturated carbocycles. The number of benzene rings is 2. The number of ketones is 5. The van der Waals surface area contributed by atoms with Crippen molar-refractivity contribution in [3.05, 3.63) is 84.1 Å². The lowest BCUT2D eigenvalue weighted by Crippen LogP contribution is -2.62. The minimum Gasteiger partial charge on any atom is -0.391 e. The van der Waals surface area contributed by atoms with Gasteiger partial charge in [0.2, 0.25) is 94.0 Å². The quantitative estimate of drug-likeness (QED) is 0.0298. The molecular formula is C85H132N16O18. The highest BCUT2D eigenvalue weighted by Crippen LogP contribution is 2.28. The second-order valence-corrected chi connectivity index (χ2v) is 32.5. The van der Waals surface area contributed by atoms with Crippen molar-refractivity contribution in [1.29, 1.82) is 0 Å². The average molecular weight is 1670 g/mol. The number of Topliss-reactive ketones (excluding diaryl/α,β-unsaturated/α-hetero) is 5. The molecule has 2 aromatic carbocycles. The van der Waals surface area contributed by atoms with E-state index in [9.17, 15) is 72.2 Å². The first-order valence-electron chi connectivity index (χ1n) is 41.2. The fourth-order valence-electron chi connectivity index (χ4n) is 13.5. The Labute approximate surface area is 698 Å². The van der Waals surface area contributed by atoms with Gasteiger partial charge >= 0.3 is 0 Å². The second-order valence-electron chi connectivity index (χ2n) is 32.5. The topological polar surface area (TPSA) is 549 Å². The molecule has 12 amide bonds. The zero-order valence-corrected chi connectivity index (χ0v) is 72.0. The van der Waals surface area contributed by atoms with Crippen LogP contribution in [0.15, 0.2) is 72.9 Å². The lowest BCUT2D eigenvalue weighted by molar-refractivity contribution is -0.141. The maximum Gasteiger partial charge on any atom is 0.246 e. The summed E-state index contributed by atoms with van der Waals surface area (Å²) < 4.78 is 0. The normalized spacial score (nSPS) is 21.9. The fourth-order valence-corrected chi connectivity index (χ4v) is 13.5. The van der Waals surface area contributed by atoms with E-state index in [4.69, 9.17) is 11.5 Å². The Kier molecular flexibility index (Phi) is 43.6. The summed E-state index contributed by atoms with van der Waals surface area (Å²) in [6, 6.07) is 2.40. The van der Waals surface area contributed by atoms with Crippen LogP contribution in [0.4, 0.5) is 0 Å². The van der Waals surface area contributed by atoms with Gasteiger partial charge in [0.05, 0.1) is 41.7 Å². The number of allylic oxidation sites excluding steroid dienone is 2. The first kappa shape index (κ1) is 103. The van der Waals surface area contributed by atoms with Gasteiger partial charge in [-0.25, -0.2) is 0 Å². The first-order valence-corrected chi connectivity index (χ1v) is 41.2. The molecule has 0 aliphatic carbocycles. The highest BCUT2D eigenvalue weighted by Gasteiger charge is 2.43. The van der Waals surface area contributed by atoms with E-state index in [1.165, 1.54) is 83.2 Å². The summed E-state index contributed by atoms with van der Waals surface area (Å²) in [4.78, 5) is 238. The monoisotopic (exact) mass is 1660 g/mol. The standard InChI is InChI=1S/C84H127N15O18.CH5N/c1-46(2)38-60-45-89-63(34-35-67(85)103)72(107)71(106)51(8)91-77(112)58(41-59-44-88-62-33-27-26-32-61(59)62)42-66(102)83(14,99-80(115)65(40-57-30-24-23-25-31-57)96-81(116)68(55(12)100)97-79(114)64(39-47(3)4)95-56(13)101)36-28-21-19-17-16-18-20-22-29-37-84(15,98-78(60)113)82(117)94-54(11)76(111)93-53(10)75(110)92-52(9)74(109)90-50(7)70(105)69(104)49(6)87-43-48(5)73(86)108;1-2/h18,20,23-27,30-33,44,46-55,58,60,63-65,68,87-89,100H,16-17,19,21-22,28-29,34-43,45H2,1-15H3,(H2,85,103)(H2,86,108)(H,90,109)(H,91,112)(H,92,110)(H,93,111)(H,94,117)(H,95,101)(H,96,116)(H,97,114)(H,98,113)(H,99,115);2H2,1H3/b20-18+;/t48-,49-,50-,51?,52?,53-,54?,55+,58+,60+,63-,64-,65-,68-,83+,84-;/m0./s1. The maximum absolute atomic E-state index is 15.6. The molecule has 3 aromatic rings. The molecule has 119 heavy (non-hydrogen) atoms. The zero-order valence-electron chi connectivity index (χ0n) is 72.0. The highest BCUT2D eigenvalue weighted by molar-refractivity contribution is 6.41. The lowest BCUT2D eigenvalue weighted by atomic mass is 9.82. The van der Waals surface area contributed by atoms with Crippen molar-refractivity contribution in [2.75, 3.05) is 20.1 Å². The summed E-state index contributed by atoms with van der Waals surface area (Å²) in [5.41, 5.74) is 13.8. The first-order chi connectivity index (χ1) is 55.9. The number of hydrogen-bond acceptors (Lipinski definition) is 21. The van der Waals surface area contributed by atoms with Gasteiger partial charge in [0.1, 0.15) is 41.8 Å². The maximum atomic E-state index is 15.6. The van der Waals surface area contributed by atoms with Crippen LogP contribution in [0.3, 0.4) is 0 Å². The van der Waals surface area contributed by atoms with E-state index in [1.807, 2.05) is 58.0 Å². The predicted molar refractivity (Wildman–Crippen MR) is 449 cm³/mol. The average Bonchev–Trinajstić information content (AvgIpc) is 1.45. The number of rotatable bonds is 34. The van der Waals surface area contributed by atoms with Crippen molar-refractivity contribution >= 4 is 111 Å². The summed E-state index contributed by atoms with van der Waals surface area (Å²) in [6.45, 7) is 22.1. The van der Waals surface area contributed by atoms with Gasteiger partial charge in [-0.05, 0) is 163 Å². The summed E-state index contributed by atoms with van der Waals surface area (Å²) in [6.07, 6.45) is 6.38. The SMILES string of the molecule is CC(=O)N[C@@H](CC(C)C)C(=O)N[C@H](C(=O)N[C@@H](Cc1ccccc1)C(=O)N[C@]1(C)CCCCCC/C=C/CCC[C@@](C)(C(=O)NC(C)C(=O)N[C@@H](C)C(=O)NC(C)C(=O)N[C@@H](C)C(=O)C(=O)[C@H](C)NC[C@H](C)C(N)=O)NC(=O)[C@H](CC(C)C)CN[C@@H](CCC(N)=O)C(=O)C(=O)C(C)NC(=O)[C@H](Cc2c[nH]c3ccccc23)CC1=O)[C@@H](C)O.CN. The summed E-state index contributed by atoms with van der Waals surface area (Å²) in [7, 11) is 1.50. The van der Waals surface area contributed by atoms with Gasteiger partial charge in [-0.15, -0.1) is 0 Å². The predicted octanol–water partition coefficient (Wildman–Crippen LogP) is 1.62. The van der Waals surface area contributed by atoms with E-state index in [2.05, 4.69) is 74.5 Å². The Balaban J connectivity index is 0.0000182. The van der Waals surface area contributed by atoms with Crippen molar-refractivity contribution in [2.24, 2.45) is 46.8 Å². The Morgan fingerprint density at radius 1 is 0.588 bits per heavy atom. The molecule has 1 aromatic heterocycles. The van der Waals surface area contributed by atoms with Gasteiger partial charge in [-0.2, -0.15) is 0 Å². The number of aromatic nitrogens is 1. The fraction of sp³-hybridized carbons (Fsp3) is 0.612. The number of carbonyl (C=O) groups excluding carboxylic acids is 17. The van der Waals surface area contributed by atoms with Crippen molar-refractivity contribution in [3.63, 3.8) is 0 Å². The van der Waals surface area contributed by atoms with E-state index < -0.39 is 208 Å². The third-order valence-electron chi connectivity index (χ3n) is 20.8. The number of para-hydroxylation sites is 1. The smallest absolute Gasteiger partial charge is 0.246 e. The lowest BCUT2D eigenvalue weighted by Gasteiger charge is -2.33. The van der Waals surface area contributed by atoms with Crippen LogP contribution in [0.2, 0.25) is 0 Å². The van der Waals surface area contributed by atoms with E-state index in [0.29, 0.717) is 67.0 Å². The molecule has 34 heteroatoms. The largest absolute Gasteiger partial charge is 0.391 e. The van der Waals surface area contributed by atoms with Crippen LogP contribution < -0.4 is 81.0 Å². The zero-order chi connectivity index (χ0) is 89.8. The minimum atomic E-state index is -1.78. The molecule has 0 fully saturated rings. The number of nitrogens with one attached hydrogen (secondary N) is 13. The summed E-state index contributed by atoms with van der Waals surface area (Å²) in [5.74, 6) is -17.1. The molecule has 1 aliphatic heterocycles. The molecular weight excluding hydrogens is 1530 g/mol. The number of H-pyrrole nitrogens is 1. The number of hydrogen-bond donors (Lipinski definition) is 17. The molecule has 16 atom stereocenters. The number of carbonyl (C=O) groups is 17. The number of primary amides is 2. The van der Waals surface area contributed by atoms with Gasteiger partial charge in [-0.3, -0.25) is 81.5 Å². The molecule has 34 nitrogen and oxygen atoms in total. The Morgan fingerprint density at radius 2 is 1.16 bits per heavy atom. The Morgan fingerprint density at radius 3 is 1.74 bits per heavy atom. The van der Waals surface area contributed by atoms with Crippen molar-refractivity contribution in [2.45, 2.75) is 284 Å². The molecule has 660 valence electrons. The van der Waals surface area contributed by atoms with Crippen LogP contribution in [0, 0.1) is 29.6 Å². The molecule has 0 radical (unpaired) electrons. The van der Waals surface area contributed by atoms with Crippen LogP contribution in [0.1, 0.15) is 205 Å². The van der Waals surface area contributed by atoms with Crippen molar-refractivity contribution < 1.29 is 86.6 Å². The van der Waals surface area contributed by atoms with Gasteiger partial charge in [0.15, 0.2) is 5.78 Å². The van der Waals surface area contributed by atoms with Crippen LogP contribution in [-0.2, 0) is 94.3 Å². The highest BCUT2D eigenvalue weighted by atomic mass is 16.3. The molecule has 3 unspecified atom stereocenters. The minimum absolute atomic E-state index is 0.00286. The van der Waals surface area contributed by atoms with Crippen LogP contribution in [0.25, 0.3) is 10.9 Å². The molecule has 0 saturated heterocycles. The van der Waals surface area contributed by atoms with Gasteiger partial charge < -0.3 is 91.1 Å². The van der Waals surface area contributed by atoms with Crippen LogP contribution in [0.5, 0.6) is 0 Å². The molecule has 0 spiro atoms. The molecule has 0 bridgehead atoms. The summed E-state index contributed by atoms with van der Waals surface area (Å²) in [5, 5.41) is 44.0. The van der Waals surface area contributed by atoms with E-state index >= 15 is 14.4 Å². The molecule has 4 rings (SSSR count). The molecule has 2 heterocycles. The van der Waals surface area contributed by atoms with Crippen LogP contribution in [-0.4, -0.2) is 208 Å². The third-order valence-corrected chi connectivity index (χ3v) is 20.8. The van der Waals surface area contributed by atoms with Crippen molar-refractivity contribution in [1.82, 2.24) is 68.8 Å². The van der Waals surface area contributed by atoms with Gasteiger partial charge in [0, 0.05) is 68.2 Å². The Bertz CT molecular complexity index is 4020. The number of amides is 12. The van der Waals surface area contributed by atoms with Crippen molar-refractivity contribution in [3.8, 4) is 0 Å². The molecule has 20 N–H and O–H groups in total. The van der Waals surface area contributed by atoms with Gasteiger partial charge in [0.25, 0.3) is 0 Å². The van der Waals surface area contributed by atoms with E-state index in [1.54, 1.807) is 42.6 Å². The van der Waals surface area contributed by atoms with E-state index in [-0.39, 0.29) is 69.9 Å². The Hall–Kier alpha value is -10.5. The molecule has 1 aliphatic rings. The number of fused-ring (bicyclic) bond motifs is 1. The number of nitrogens with two attached hydrogens (primary N) is 3. The second kappa shape index (κ2) is 50.5. The van der Waals surface area contributed by atoms with E-state index in [0.717, 1.165) is 0 Å². The third kappa shape index (κ3) is 34.4. The van der Waals surface area contributed by atoms with Gasteiger partial charge in [-0.1, -0.05) is 115 Å². The number of aliphatic hydroxyl groups excluding tert-OH is 1. The van der Waals surface area contributed by atoms with Crippen LogP contribution >= 0.6 is 0 Å².